The Morgan fingerprint density at radius 2 is 1.58 bits per heavy atom. The number of carbonyl (C=O) groups excluding carboxylic acids is 2. The number of carbonyl (C=O) groups is 2. The minimum Gasteiger partial charge on any atom is -0.352 e. The Morgan fingerprint density at radius 1 is 0.879 bits per heavy atom. The smallest absolute Gasteiger partial charge is 0.253 e. The molecule has 8 heteroatoms. The van der Waals surface area contributed by atoms with E-state index in [0.29, 0.717) is 28.8 Å². The van der Waals surface area contributed by atoms with Crippen molar-refractivity contribution in [2.75, 3.05) is 17.6 Å². The molecule has 0 aliphatic heterocycles. The number of amides is 2. The lowest BCUT2D eigenvalue weighted by Crippen LogP contribution is -2.27. The highest BCUT2D eigenvalue weighted by Gasteiger charge is 2.14. The number of hydrogen-bond acceptors (Lipinski definition) is 5. The van der Waals surface area contributed by atoms with Crippen LogP contribution in [0.4, 0.5) is 5.69 Å². The van der Waals surface area contributed by atoms with Crippen LogP contribution in [0.1, 0.15) is 15.9 Å². The average molecular weight is 458 g/mol. The van der Waals surface area contributed by atoms with Crippen molar-refractivity contribution in [2.45, 2.75) is 11.6 Å². The molecule has 4 rings (SSSR count). The van der Waals surface area contributed by atoms with Crippen LogP contribution in [-0.4, -0.2) is 39.3 Å². The minimum atomic E-state index is -0.240. The second kappa shape index (κ2) is 11.1. The second-order valence-corrected chi connectivity index (χ2v) is 8.15. The minimum absolute atomic E-state index is 0.121. The SMILES string of the molecule is O=C(CSc1n[nH]c(-c2ccccc2)n1)Nc1ccccc1C(=O)NCCc1ccccc1. The molecule has 0 aliphatic carbocycles. The highest BCUT2D eigenvalue weighted by atomic mass is 32.2. The molecule has 0 unspecified atom stereocenters. The Balaban J connectivity index is 1.30. The van der Waals surface area contributed by atoms with E-state index in [4.69, 9.17) is 0 Å². The highest BCUT2D eigenvalue weighted by Crippen LogP contribution is 2.20. The van der Waals surface area contributed by atoms with Gasteiger partial charge in [0.1, 0.15) is 0 Å². The summed E-state index contributed by atoms with van der Waals surface area (Å²) >= 11 is 1.22. The molecular formula is C25H23N5O2S. The maximum Gasteiger partial charge on any atom is 0.253 e. The van der Waals surface area contributed by atoms with Crippen molar-refractivity contribution in [2.24, 2.45) is 0 Å². The third kappa shape index (κ3) is 6.30. The summed E-state index contributed by atoms with van der Waals surface area (Å²) in [6.45, 7) is 0.509. The van der Waals surface area contributed by atoms with Crippen LogP contribution in [0.25, 0.3) is 11.4 Å². The van der Waals surface area contributed by atoms with Crippen LogP contribution < -0.4 is 10.6 Å². The molecule has 0 atom stereocenters. The fourth-order valence-electron chi connectivity index (χ4n) is 3.20. The summed E-state index contributed by atoms with van der Waals surface area (Å²) < 4.78 is 0. The van der Waals surface area contributed by atoms with Crippen molar-refractivity contribution >= 4 is 29.3 Å². The average Bonchev–Trinajstić information content (AvgIpc) is 3.33. The summed E-state index contributed by atoms with van der Waals surface area (Å²) in [5, 5.41) is 13.3. The maximum atomic E-state index is 12.7. The molecule has 0 radical (unpaired) electrons. The number of benzene rings is 3. The van der Waals surface area contributed by atoms with Gasteiger partial charge < -0.3 is 10.6 Å². The molecule has 0 saturated heterocycles. The summed E-state index contributed by atoms with van der Waals surface area (Å²) in [5.74, 6) is 0.304. The van der Waals surface area contributed by atoms with Crippen molar-refractivity contribution in [3.63, 3.8) is 0 Å². The van der Waals surface area contributed by atoms with E-state index in [-0.39, 0.29) is 17.6 Å². The second-order valence-electron chi connectivity index (χ2n) is 7.21. The van der Waals surface area contributed by atoms with Gasteiger partial charge in [-0.1, -0.05) is 84.6 Å². The van der Waals surface area contributed by atoms with Gasteiger partial charge in [-0.05, 0) is 24.1 Å². The first kappa shape index (κ1) is 22.3. The zero-order valence-corrected chi connectivity index (χ0v) is 18.6. The van der Waals surface area contributed by atoms with Crippen LogP contribution in [0.15, 0.2) is 90.1 Å². The maximum absolute atomic E-state index is 12.7. The van der Waals surface area contributed by atoms with Crippen LogP contribution in [-0.2, 0) is 11.2 Å². The lowest BCUT2D eigenvalue weighted by Gasteiger charge is -2.11. The first-order valence-electron chi connectivity index (χ1n) is 10.5. The number of nitrogens with zero attached hydrogens (tertiary/aromatic N) is 2. The van der Waals surface area contributed by atoms with Crippen molar-refractivity contribution in [3.8, 4) is 11.4 Å². The third-order valence-electron chi connectivity index (χ3n) is 4.83. The normalized spacial score (nSPS) is 10.5. The van der Waals surface area contributed by atoms with Crippen LogP contribution in [0.5, 0.6) is 0 Å². The molecule has 3 N–H and O–H groups in total. The first-order valence-corrected chi connectivity index (χ1v) is 11.5. The van der Waals surface area contributed by atoms with Gasteiger partial charge in [0.15, 0.2) is 5.82 Å². The Labute approximate surface area is 196 Å². The number of nitrogens with one attached hydrogen (secondary N) is 3. The Hall–Kier alpha value is -3.91. The fourth-order valence-corrected chi connectivity index (χ4v) is 3.80. The van der Waals surface area contributed by atoms with Gasteiger partial charge in [0.2, 0.25) is 11.1 Å². The Morgan fingerprint density at radius 3 is 2.36 bits per heavy atom. The molecule has 0 bridgehead atoms. The topological polar surface area (TPSA) is 99.8 Å². The molecule has 0 fully saturated rings. The summed E-state index contributed by atoms with van der Waals surface area (Å²) in [4.78, 5) is 29.6. The summed E-state index contributed by atoms with van der Waals surface area (Å²) in [7, 11) is 0. The molecule has 1 aromatic heterocycles. The van der Waals surface area contributed by atoms with Crippen molar-refractivity contribution < 1.29 is 9.59 Å². The van der Waals surface area contributed by atoms with Gasteiger partial charge in [-0.25, -0.2) is 4.98 Å². The molecule has 0 aliphatic rings. The highest BCUT2D eigenvalue weighted by molar-refractivity contribution is 7.99. The number of H-pyrrole nitrogens is 1. The predicted octanol–water partition coefficient (Wildman–Crippen LogP) is 4.18. The zero-order chi connectivity index (χ0) is 22.9. The van der Waals surface area contributed by atoms with Gasteiger partial charge in [0, 0.05) is 12.1 Å². The monoisotopic (exact) mass is 457 g/mol. The van der Waals surface area contributed by atoms with E-state index in [1.165, 1.54) is 11.8 Å². The van der Waals surface area contributed by atoms with Crippen molar-refractivity contribution in [1.82, 2.24) is 20.5 Å². The standard InChI is InChI=1S/C25H23N5O2S/c31-22(17-33-25-28-23(29-30-25)19-11-5-2-6-12-19)27-21-14-8-7-13-20(21)24(32)26-16-15-18-9-3-1-4-10-18/h1-14H,15-17H2,(H,26,32)(H,27,31)(H,28,29,30). The van der Waals surface area contributed by atoms with E-state index >= 15 is 0 Å². The number of thioether (sulfide) groups is 1. The lowest BCUT2D eigenvalue weighted by atomic mass is 10.1. The number of aromatic amines is 1. The number of hydrogen-bond donors (Lipinski definition) is 3. The predicted molar refractivity (Wildman–Crippen MR) is 130 cm³/mol. The molecule has 3 aromatic carbocycles. The Kier molecular flexibility index (Phi) is 7.50. The van der Waals surface area contributed by atoms with Crippen LogP contribution in [0.3, 0.4) is 0 Å². The summed E-state index contributed by atoms with van der Waals surface area (Å²) in [6.07, 6.45) is 0.735. The van der Waals surface area contributed by atoms with Gasteiger partial charge in [-0.3, -0.25) is 14.7 Å². The van der Waals surface area contributed by atoms with Crippen LogP contribution in [0.2, 0.25) is 0 Å². The number of anilines is 1. The summed E-state index contributed by atoms with van der Waals surface area (Å²) in [5.41, 5.74) is 2.97. The van der Waals surface area contributed by atoms with Crippen LogP contribution >= 0.6 is 11.8 Å². The Bertz CT molecular complexity index is 1210. The molecule has 0 saturated carbocycles. The van der Waals surface area contributed by atoms with Gasteiger partial charge in [-0.15, -0.1) is 5.10 Å². The zero-order valence-electron chi connectivity index (χ0n) is 17.8. The third-order valence-corrected chi connectivity index (χ3v) is 5.68. The number of aromatic nitrogens is 3. The molecule has 7 nitrogen and oxygen atoms in total. The largest absolute Gasteiger partial charge is 0.352 e. The van der Waals surface area contributed by atoms with E-state index in [1.807, 2.05) is 60.7 Å². The number of para-hydroxylation sites is 1. The van der Waals surface area contributed by atoms with Gasteiger partial charge >= 0.3 is 0 Å². The molecule has 0 spiro atoms. The molecule has 2 amide bonds. The number of rotatable bonds is 9. The van der Waals surface area contributed by atoms with Gasteiger partial charge in [0.25, 0.3) is 5.91 Å². The first-order chi connectivity index (χ1) is 16.2. The van der Waals surface area contributed by atoms with Crippen LogP contribution in [0, 0.1) is 0 Å². The van der Waals surface area contributed by atoms with Crippen molar-refractivity contribution in [1.29, 1.82) is 0 Å². The molecular weight excluding hydrogens is 434 g/mol. The molecule has 166 valence electrons. The quantitative estimate of drug-likeness (QED) is 0.328. The summed E-state index contributed by atoms with van der Waals surface area (Å²) in [6, 6.07) is 26.6. The molecule has 1 heterocycles. The van der Waals surface area contributed by atoms with E-state index in [2.05, 4.69) is 25.8 Å². The van der Waals surface area contributed by atoms with E-state index in [0.717, 1.165) is 17.5 Å². The molecule has 4 aromatic rings. The van der Waals surface area contributed by atoms with Gasteiger partial charge in [-0.2, -0.15) is 0 Å². The van der Waals surface area contributed by atoms with Crippen molar-refractivity contribution in [3.05, 3.63) is 96.1 Å². The molecule has 33 heavy (non-hydrogen) atoms. The fraction of sp³-hybridized carbons (Fsp3) is 0.120. The van der Waals surface area contributed by atoms with Gasteiger partial charge in [0.05, 0.1) is 17.0 Å². The van der Waals surface area contributed by atoms with E-state index < -0.39 is 0 Å². The van der Waals surface area contributed by atoms with E-state index in [1.54, 1.807) is 24.3 Å². The lowest BCUT2D eigenvalue weighted by molar-refractivity contribution is -0.113. The van der Waals surface area contributed by atoms with E-state index in [9.17, 15) is 9.59 Å².